The number of carbonyl (C=O) groups is 1. The van der Waals surface area contributed by atoms with Crippen LogP contribution in [-0.2, 0) is 9.53 Å². The first-order chi connectivity index (χ1) is 7.63. The third-order valence-electron chi connectivity index (χ3n) is 3.04. The predicted octanol–water partition coefficient (Wildman–Crippen LogP) is 0.999. The van der Waals surface area contributed by atoms with Crippen LogP contribution in [0.3, 0.4) is 0 Å². The average molecular weight is 228 g/mol. The number of hydrogen-bond donors (Lipinski definition) is 1. The normalized spacial score (nSPS) is 23.9. The molecule has 0 atom stereocenters. The van der Waals surface area contributed by atoms with Gasteiger partial charge in [-0.2, -0.15) is 0 Å². The molecule has 0 saturated heterocycles. The first kappa shape index (κ1) is 13.5. The molecule has 0 aliphatic heterocycles. The molecule has 1 aliphatic carbocycles. The van der Waals surface area contributed by atoms with Crippen LogP contribution in [0.25, 0.3) is 0 Å². The molecule has 1 fully saturated rings. The number of carbonyl (C=O) groups excluding carboxylic acids is 1. The summed E-state index contributed by atoms with van der Waals surface area (Å²) in [6, 6.07) is 0.362. The maximum absolute atomic E-state index is 11.7. The summed E-state index contributed by atoms with van der Waals surface area (Å²) in [7, 11) is 1.87. The number of nitrogens with two attached hydrogens (primary N) is 1. The summed E-state index contributed by atoms with van der Waals surface area (Å²) in [5.74, 6) is 0.789. The van der Waals surface area contributed by atoms with Gasteiger partial charge in [-0.05, 0) is 25.2 Å². The van der Waals surface area contributed by atoms with Gasteiger partial charge in [-0.15, -0.1) is 0 Å². The van der Waals surface area contributed by atoms with Crippen molar-refractivity contribution in [1.82, 2.24) is 4.90 Å². The van der Waals surface area contributed by atoms with E-state index in [1.165, 1.54) is 0 Å². The molecule has 2 N–H and O–H groups in total. The molecule has 1 saturated carbocycles. The molecule has 0 aromatic rings. The third-order valence-corrected chi connectivity index (χ3v) is 3.04. The largest absolute Gasteiger partial charge is 0.381 e. The van der Waals surface area contributed by atoms with Gasteiger partial charge in [0.05, 0.1) is 13.0 Å². The Balaban J connectivity index is 2.06. The summed E-state index contributed by atoms with van der Waals surface area (Å²) in [6.07, 6.45) is 3.62. The van der Waals surface area contributed by atoms with Crippen LogP contribution in [0.4, 0.5) is 0 Å². The molecule has 4 heteroatoms. The van der Waals surface area contributed by atoms with Crippen molar-refractivity contribution in [3.63, 3.8) is 0 Å². The SMILES string of the molecule is CCCOCCC(=O)N(C)CC1CC(N)C1. The zero-order chi connectivity index (χ0) is 12.0. The van der Waals surface area contributed by atoms with Gasteiger partial charge in [0.25, 0.3) is 0 Å². The third kappa shape index (κ3) is 4.49. The van der Waals surface area contributed by atoms with Gasteiger partial charge in [0, 0.05) is 26.2 Å². The van der Waals surface area contributed by atoms with Crippen LogP contribution >= 0.6 is 0 Å². The van der Waals surface area contributed by atoms with Crippen molar-refractivity contribution in [1.29, 1.82) is 0 Å². The molecular formula is C12H24N2O2. The molecule has 0 bridgehead atoms. The van der Waals surface area contributed by atoms with Gasteiger partial charge < -0.3 is 15.4 Å². The van der Waals surface area contributed by atoms with Crippen molar-refractivity contribution in [3.05, 3.63) is 0 Å². The molecule has 16 heavy (non-hydrogen) atoms. The lowest BCUT2D eigenvalue weighted by Crippen LogP contribution is -2.43. The van der Waals surface area contributed by atoms with Crippen LogP contribution in [0.5, 0.6) is 0 Å². The fraction of sp³-hybridized carbons (Fsp3) is 0.917. The summed E-state index contributed by atoms with van der Waals surface area (Å²) in [5.41, 5.74) is 5.71. The van der Waals surface area contributed by atoms with Crippen molar-refractivity contribution in [2.45, 2.75) is 38.6 Å². The Bertz CT molecular complexity index is 215. The van der Waals surface area contributed by atoms with E-state index in [-0.39, 0.29) is 5.91 Å². The lowest BCUT2D eigenvalue weighted by molar-refractivity contribution is -0.132. The standard InChI is InChI=1S/C12H24N2O2/c1-3-5-16-6-4-12(15)14(2)9-10-7-11(13)8-10/h10-11H,3-9,13H2,1-2H3. The summed E-state index contributed by atoms with van der Waals surface area (Å²) in [4.78, 5) is 13.5. The first-order valence-electron chi connectivity index (χ1n) is 6.20. The van der Waals surface area contributed by atoms with E-state index in [9.17, 15) is 4.79 Å². The van der Waals surface area contributed by atoms with Gasteiger partial charge in [-0.1, -0.05) is 6.92 Å². The summed E-state index contributed by atoms with van der Waals surface area (Å²) < 4.78 is 5.30. The first-order valence-corrected chi connectivity index (χ1v) is 6.20. The number of nitrogens with zero attached hydrogens (tertiary/aromatic N) is 1. The quantitative estimate of drug-likeness (QED) is 0.661. The smallest absolute Gasteiger partial charge is 0.224 e. The van der Waals surface area contributed by atoms with Crippen LogP contribution in [-0.4, -0.2) is 43.7 Å². The minimum atomic E-state index is 0.177. The molecule has 1 rings (SSSR count). The average Bonchev–Trinajstić information content (AvgIpc) is 2.21. The predicted molar refractivity (Wildman–Crippen MR) is 64.1 cm³/mol. The fourth-order valence-electron chi connectivity index (χ4n) is 2.02. The van der Waals surface area contributed by atoms with Crippen molar-refractivity contribution in [2.24, 2.45) is 11.7 Å². The van der Waals surface area contributed by atoms with Gasteiger partial charge in [0.1, 0.15) is 0 Å². The fourth-order valence-corrected chi connectivity index (χ4v) is 2.02. The van der Waals surface area contributed by atoms with Crippen LogP contribution in [0.2, 0.25) is 0 Å². The van der Waals surface area contributed by atoms with Crippen LogP contribution in [0, 0.1) is 5.92 Å². The molecule has 0 spiro atoms. The Hall–Kier alpha value is -0.610. The van der Waals surface area contributed by atoms with Crippen LogP contribution in [0.1, 0.15) is 32.6 Å². The Labute approximate surface area is 98.1 Å². The zero-order valence-electron chi connectivity index (χ0n) is 10.4. The van der Waals surface area contributed by atoms with E-state index in [4.69, 9.17) is 10.5 Å². The summed E-state index contributed by atoms with van der Waals surface area (Å²) in [6.45, 7) is 4.20. The monoisotopic (exact) mass is 228 g/mol. The maximum Gasteiger partial charge on any atom is 0.224 e. The summed E-state index contributed by atoms with van der Waals surface area (Å²) in [5, 5.41) is 0. The highest BCUT2D eigenvalue weighted by Crippen LogP contribution is 2.26. The number of amides is 1. The maximum atomic E-state index is 11.7. The molecule has 0 heterocycles. The highest BCUT2D eigenvalue weighted by Gasteiger charge is 2.27. The Morgan fingerprint density at radius 2 is 2.12 bits per heavy atom. The van der Waals surface area contributed by atoms with Crippen molar-refractivity contribution in [3.8, 4) is 0 Å². The summed E-state index contributed by atoms with van der Waals surface area (Å²) >= 11 is 0. The number of ether oxygens (including phenoxy) is 1. The van der Waals surface area contributed by atoms with Gasteiger partial charge >= 0.3 is 0 Å². The molecule has 1 aliphatic rings. The van der Waals surface area contributed by atoms with Gasteiger partial charge in [-0.25, -0.2) is 0 Å². The van der Waals surface area contributed by atoms with Crippen molar-refractivity contribution < 1.29 is 9.53 Å². The van der Waals surface area contributed by atoms with Crippen LogP contribution < -0.4 is 5.73 Å². The molecular weight excluding hydrogens is 204 g/mol. The van der Waals surface area contributed by atoms with E-state index in [0.717, 1.165) is 32.4 Å². The Kier molecular flexibility index (Phi) is 5.77. The highest BCUT2D eigenvalue weighted by molar-refractivity contribution is 5.75. The molecule has 0 radical (unpaired) electrons. The highest BCUT2D eigenvalue weighted by atomic mass is 16.5. The number of hydrogen-bond acceptors (Lipinski definition) is 3. The van der Waals surface area contributed by atoms with E-state index in [1.807, 2.05) is 11.9 Å². The molecule has 1 amide bonds. The zero-order valence-corrected chi connectivity index (χ0v) is 10.4. The molecule has 0 unspecified atom stereocenters. The van der Waals surface area contributed by atoms with Crippen molar-refractivity contribution in [2.75, 3.05) is 26.8 Å². The lowest BCUT2D eigenvalue weighted by Gasteiger charge is -2.35. The molecule has 0 aromatic carbocycles. The van der Waals surface area contributed by atoms with Crippen molar-refractivity contribution >= 4 is 5.91 Å². The number of rotatable bonds is 7. The molecule has 4 nitrogen and oxygen atoms in total. The van der Waals surface area contributed by atoms with E-state index in [2.05, 4.69) is 6.92 Å². The van der Waals surface area contributed by atoms with Gasteiger partial charge in [0.15, 0.2) is 0 Å². The lowest BCUT2D eigenvalue weighted by atomic mass is 9.80. The molecule has 0 aromatic heterocycles. The van der Waals surface area contributed by atoms with Gasteiger partial charge in [0.2, 0.25) is 5.91 Å². The minimum absolute atomic E-state index is 0.177. The topological polar surface area (TPSA) is 55.6 Å². The Morgan fingerprint density at radius 1 is 1.44 bits per heavy atom. The van der Waals surface area contributed by atoms with Gasteiger partial charge in [-0.3, -0.25) is 4.79 Å². The second-order valence-corrected chi connectivity index (χ2v) is 4.73. The van der Waals surface area contributed by atoms with Crippen LogP contribution in [0.15, 0.2) is 0 Å². The second kappa shape index (κ2) is 6.86. The second-order valence-electron chi connectivity index (χ2n) is 4.73. The minimum Gasteiger partial charge on any atom is -0.381 e. The molecule has 94 valence electrons. The van der Waals surface area contributed by atoms with E-state index in [1.54, 1.807) is 0 Å². The van der Waals surface area contributed by atoms with E-state index < -0.39 is 0 Å². The van der Waals surface area contributed by atoms with E-state index in [0.29, 0.717) is 25.0 Å². The Morgan fingerprint density at radius 3 is 2.69 bits per heavy atom. The van der Waals surface area contributed by atoms with E-state index >= 15 is 0 Å².